The summed E-state index contributed by atoms with van der Waals surface area (Å²) in [5.74, 6) is -1.72. The Morgan fingerprint density at radius 3 is 2.68 bits per heavy atom. The molecule has 5 nitrogen and oxygen atoms in total. The summed E-state index contributed by atoms with van der Waals surface area (Å²) in [4.78, 5) is 21.8. The minimum atomic E-state index is -1.11. The number of urea groups is 1. The molecule has 1 aliphatic rings. The lowest BCUT2D eigenvalue weighted by molar-refractivity contribution is -0.131. The summed E-state index contributed by atoms with van der Waals surface area (Å²) in [6.45, 7) is 0. The van der Waals surface area contributed by atoms with Gasteiger partial charge in [0.1, 0.15) is 5.82 Å². The maximum atomic E-state index is 13.7. The van der Waals surface area contributed by atoms with E-state index >= 15 is 0 Å². The molecule has 0 aromatic heterocycles. The predicted molar refractivity (Wildman–Crippen MR) is 68.2 cm³/mol. The molecule has 1 fully saturated rings. The van der Waals surface area contributed by atoms with Gasteiger partial charge in [0, 0.05) is 12.1 Å². The lowest BCUT2D eigenvalue weighted by Gasteiger charge is -2.07. The van der Waals surface area contributed by atoms with Crippen LogP contribution in [-0.2, 0) is 4.79 Å². The number of halogens is 1. The Morgan fingerprint density at radius 1 is 1.37 bits per heavy atom. The van der Waals surface area contributed by atoms with Crippen molar-refractivity contribution < 1.29 is 19.1 Å². The van der Waals surface area contributed by atoms with Crippen LogP contribution < -0.4 is 10.6 Å². The molecule has 0 unspecified atom stereocenters. The second-order valence-corrected chi connectivity index (χ2v) is 4.28. The van der Waals surface area contributed by atoms with Crippen molar-refractivity contribution in [3.63, 3.8) is 0 Å². The maximum absolute atomic E-state index is 13.7. The van der Waals surface area contributed by atoms with Crippen LogP contribution in [0.1, 0.15) is 18.4 Å². The van der Waals surface area contributed by atoms with E-state index in [-0.39, 0.29) is 11.7 Å². The molecule has 100 valence electrons. The Bertz CT molecular complexity index is 539. The highest BCUT2D eigenvalue weighted by Gasteiger charge is 2.23. The molecule has 0 aliphatic heterocycles. The number of amides is 2. The normalized spacial score (nSPS) is 14.4. The molecule has 1 saturated carbocycles. The summed E-state index contributed by atoms with van der Waals surface area (Å²) in [6, 6.07) is 3.83. The summed E-state index contributed by atoms with van der Waals surface area (Å²) in [5, 5.41) is 13.5. The Kier molecular flexibility index (Phi) is 3.79. The molecule has 0 heterocycles. The van der Waals surface area contributed by atoms with Crippen LogP contribution >= 0.6 is 0 Å². The van der Waals surface area contributed by atoms with Crippen molar-refractivity contribution in [2.45, 2.75) is 18.9 Å². The van der Waals surface area contributed by atoms with E-state index in [0.717, 1.165) is 25.0 Å². The lowest BCUT2D eigenvalue weighted by Crippen LogP contribution is -2.30. The number of carboxylic acids is 1. The SMILES string of the molecule is O=C(O)C=Cc1ccc(NC(=O)NC2CC2)c(F)c1. The second-order valence-electron chi connectivity index (χ2n) is 4.28. The lowest BCUT2D eigenvalue weighted by atomic mass is 10.2. The fraction of sp³-hybridized carbons (Fsp3) is 0.231. The van der Waals surface area contributed by atoms with Gasteiger partial charge in [0.2, 0.25) is 0 Å². The highest BCUT2D eigenvalue weighted by Crippen LogP contribution is 2.20. The first-order valence-corrected chi connectivity index (χ1v) is 5.82. The first-order chi connectivity index (χ1) is 9.04. The van der Waals surface area contributed by atoms with Crippen molar-refractivity contribution in [3.05, 3.63) is 35.7 Å². The largest absolute Gasteiger partial charge is 0.478 e. The van der Waals surface area contributed by atoms with E-state index in [2.05, 4.69) is 10.6 Å². The molecule has 2 rings (SSSR count). The van der Waals surface area contributed by atoms with Crippen molar-refractivity contribution >= 4 is 23.8 Å². The third-order valence-corrected chi connectivity index (χ3v) is 2.57. The van der Waals surface area contributed by atoms with Gasteiger partial charge in [-0.2, -0.15) is 0 Å². The van der Waals surface area contributed by atoms with Crippen LogP contribution in [0.3, 0.4) is 0 Å². The molecule has 6 heteroatoms. The van der Waals surface area contributed by atoms with Crippen LogP contribution in [-0.4, -0.2) is 23.1 Å². The third kappa shape index (κ3) is 4.09. The monoisotopic (exact) mass is 264 g/mol. The van der Waals surface area contributed by atoms with Gasteiger partial charge in [-0.15, -0.1) is 0 Å². The van der Waals surface area contributed by atoms with Gasteiger partial charge >= 0.3 is 12.0 Å². The first-order valence-electron chi connectivity index (χ1n) is 5.82. The minimum absolute atomic E-state index is 0.0608. The molecule has 0 radical (unpaired) electrons. The molecule has 0 saturated heterocycles. The number of nitrogens with one attached hydrogen (secondary N) is 2. The van der Waals surface area contributed by atoms with Gasteiger partial charge in [0.25, 0.3) is 0 Å². The average Bonchev–Trinajstić information content (AvgIpc) is 3.13. The van der Waals surface area contributed by atoms with Gasteiger partial charge in [-0.3, -0.25) is 0 Å². The molecular formula is C13H13FN2O3. The second kappa shape index (κ2) is 5.51. The summed E-state index contributed by atoms with van der Waals surface area (Å²) in [6.07, 6.45) is 4.10. The number of hydrogen-bond donors (Lipinski definition) is 3. The van der Waals surface area contributed by atoms with Crippen LogP contribution in [0, 0.1) is 5.82 Å². The maximum Gasteiger partial charge on any atom is 0.328 e. The smallest absolute Gasteiger partial charge is 0.328 e. The molecule has 0 atom stereocenters. The van der Waals surface area contributed by atoms with Gasteiger partial charge in [0.05, 0.1) is 5.69 Å². The zero-order valence-corrected chi connectivity index (χ0v) is 10.0. The zero-order valence-electron chi connectivity index (χ0n) is 10.0. The van der Waals surface area contributed by atoms with Crippen LogP contribution in [0.2, 0.25) is 0 Å². The number of anilines is 1. The molecule has 1 aromatic rings. The number of benzene rings is 1. The first kappa shape index (κ1) is 13.1. The van der Waals surface area contributed by atoms with Crippen LogP contribution in [0.25, 0.3) is 6.08 Å². The number of carbonyl (C=O) groups excluding carboxylic acids is 1. The molecule has 0 spiro atoms. The summed E-state index contributed by atoms with van der Waals surface area (Å²) in [7, 11) is 0. The summed E-state index contributed by atoms with van der Waals surface area (Å²) < 4.78 is 13.7. The zero-order chi connectivity index (χ0) is 13.8. The molecular weight excluding hydrogens is 251 g/mol. The number of hydrogen-bond acceptors (Lipinski definition) is 2. The fourth-order valence-corrected chi connectivity index (χ4v) is 1.48. The van der Waals surface area contributed by atoms with Crippen LogP contribution in [0.4, 0.5) is 14.9 Å². The summed E-state index contributed by atoms with van der Waals surface area (Å²) >= 11 is 0. The van der Waals surface area contributed by atoms with E-state index in [1.54, 1.807) is 0 Å². The van der Waals surface area contributed by atoms with Crippen molar-refractivity contribution in [2.24, 2.45) is 0 Å². The number of aliphatic carboxylic acids is 1. The van der Waals surface area contributed by atoms with Crippen molar-refractivity contribution in [1.29, 1.82) is 0 Å². The fourth-order valence-electron chi connectivity index (χ4n) is 1.48. The van der Waals surface area contributed by atoms with E-state index in [0.29, 0.717) is 5.56 Å². The van der Waals surface area contributed by atoms with Crippen molar-refractivity contribution in [3.8, 4) is 0 Å². The van der Waals surface area contributed by atoms with Gasteiger partial charge in [-0.25, -0.2) is 14.0 Å². The molecule has 3 N–H and O–H groups in total. The molecule has 1 aliphatic carbocycles. The topological polar surface area (TPSA) is 78.4 Å². The van der Waals surface area contributed by atoms with Gasteiger partial charge < -0.3 is 15.7 Å². The molecule has 0 bridgehead atoms. The molecule has 19 heavy (non-hydrogen) atoms. The van der Waals surface area contributed by atoms with Crippen molar-refractivity contribution in [1.82, 2.24) is 5.32 Å². The van der Waals surface area contributed by atoms with Gasteiger partial charge in [0.15, 0.2) is 0 Å². The van der Waals surface area contributed by atoms with E-state index in [1.165, 1.54) is 18.2 Å². The number of carboxylic acid groups (broad SMARTS) is 1. The van der Waals surface area contributed by atoms with Gasteiger partial charge in [-0.05, 0) is 36.6 Å². The van der Waals surface area contributed by atoms with Crippen LogP contribution in [0.15, 0.2) is 24.3 Å². The minimum Gasteiger partial charge on any atom is -0.478 e. The van der Waals surface area contributed by atoms with Crippen molar-refractivity contribution in [2.75, 3.05) is 5.32 Å². The van der Waals surface area contributed by atoms with E-state index in [4.69, 9.17) is 5.11 Å². The predicted octanol–water partition coefficient (Wildman–Crippen LogP) is 2.21. The molecule has 2 amide bonds. The van der Waals surface area contributed by atoms with E-state index < -0.39 is 17.8 Å². The van der Waals surface area contributed by atoms with E-state index in [9.17, 15) is 14.0 Å². The Hall–Kier alpha value is -2.37. The Labute approximate surface area is 109 Å². The molecule has 1 aromatic carbocycles. The van der Waals surface area contributed by atoms with Gasteiger partial charge in [-0.1, -0.05) is 6.07 Å². The quantitative estimate of drug-likeness (QED) is 0.729. The Morgan fingerprint density at radius 2 is 2.11 bits per heavy atom. The summed E-state index contributed by atoms with van der Waals surface area (Å²) in [5.41, 5.74) is 0.471. The average molecular weight is 264 g/mol. The standard InChI is InChI=1S/C13H13FN2O3/c14-10-7-8(2-6-12(17)18)1-5-11(10)16-13(19)15-9-3-4-9/h1-2,5-7,9H,3-4H2,(H,17,18)(H2,15,16,19). The third-order valence-electron chi connectivity index (χ3n) is 2.57. The highest BCUT2D eigenvalue weighted by atomic mass is 19.1. The Balaban J connectivity index is 2.01. The van der Waals surface area contributed by atoms with Crippen LogP contribution in [0.5, 0.6) is 0 Å². The highest BCUT2D eigenvalue weighted by molar-refractivity contribution is 5.90. The van der Waals surface area contributed by atoms with E-state index in [1.807, 2.05) is 0 Å². The number of rotatable bonds is 4. The number of carbonyl (C=O) groups is 2.